The largest absolute Gasteiger partial charge is 0.504 e. The fraction of sp³-hybridized carbons (Fsp3) is 0.240. The van der Waals surface area contributed by atoms with Crippen LogP contribution in [0.15, 0.2) is 68.0 Å². The van der Waals surface area contributed by atoms with E-state index in [4.69, 9.17) is 9.47 Å². The first-order valence-electron chi connectivity index (χ1n) is 10.7. The van der Waals surface area contributed by atoms with Gasteiger partial charge < -0.3 is 14.6 Å². The van der Waals surface area contributed by atoms with E-state index in [2.05, 4.69) is 20.9 Å². The number of carbonyl (C=O) groups is 1. The molecule has 0 amide bonds. The number of esters is 1. The second kappa shape index (κ2) is 9.99. The molecular formula is C25H23BrN2O5S. The van der Waals surface area contributed by atoms with Gasteiger partial charge in [-0.15, -0.1) is 0 Å². The Hall–Kier alpha value is -3.17. The number of aromatic nitrogens is 1. The fourth-order valence-electron chi connectivity index (χ4n) is 3.90. The number of fused-ring (bicyclic) bond motifs is 1. The number of benzene rings is 2. The topological polar surface area (TPSA) is 90.1 Å². The second-order valence-corrected chi connectivity index (χ2v) is 9.34. The Bertz CT molecular complexity index is 1460. The molecule has 34 heavy (non-hydrogen) atoms. The number of allylic oxidation sites excluding steroid dienone is 1. The van der Waals surface area contributed by atoms with Gasteiger partial charge in [0, 0.05) is 4.47 Å². The number of rotatable bonds is 6. The highest BCUT2D eigenvalue weighted by Gasteiger charge is 2.33. The fourth-order valence-corrected chi connectivity index (χ4v) is 5.35. The third kappa shape index (κ3) is 4.33. The van der Waals surface area contributed by atoms with E-state index in [9.17, 15) is 14.7 Å². The molecule has 1 aliphatic rings. The SMILES string of the molecule is CCOc1cc(/C=c2\sc3n(c2=O)[C@@H](c2ccccc2)C(C(=O)OC)=C(CC)N=3)c(Br)cc1O. The molecule has 9 heteroatoms. The molecule has 176 valence electrons. The molecule has 1 atom stereocenters. The quantitative estimate of drug-likeness (QED) is 0.480. The number of aromatic hydroxyl groups is 1. The van der Waals surface area contributed by atoms with Gasteiger partial charge in [0.05, 0.1) is 35.6 Å². The average Bonchev–Trinajstić information content (AvgIpc) is 3.15. The van der Waals surface area contributed by atoms with Crippen LogP contribution in [0, 0.1) is 0 Å². The van der Waals surface area contributed by atoms with Gasteiger partial charge >= 0.3 is 5.97 Å². The van der Waals surface area contributed by atoms with Crippen molar-refractivity contribution in [2.24, 2.45) is 4.99 Å². The molecule has 2 heterocycles. The van der Waals surface area contributed by atoms with E-state index in [1.807, 2.05) is 44.2 Å². The number of phenolic OH excluding ortho intramolecular Hbond substituents is 1. The summed E-state index contributed by atoms with van der Waals surface area (Å²) in [5, 5.41) is 10.1. The second-order valence-electron chi connectivity index (χ2n) is 7.47. The highest BCUT2D eigenvalue weighted by molar-refractivity contribution is 9.10. The Morgan fingerprint density at radius 3 is 2.65 bits per heavy atom. The molecule has 1 aromatic heterocycles. The molecule has 0 saturated carbocycles. The lowest BCUT2D eigenvalue weighted by molar-refractivity contribution is -0.136. The Morgan fingerprint density at radius 2 is 2.00 bits per heavy atom. The Morgan fingerprint density at radius 1 is 1.26 bits per heavy atom. The van der Waals surface area contributed by atoms with E-state index in [0.29, 0.717) is 49.4 Å². The first-order chi connectivity index (χ1) is 16.4. The van der Waals surface area contributed by atoms with Crippen molar-refractivity contribution >= 4 is 39.3 Å². The van der Waals surface area contributed by atoms with Crippen molar-refractivity contribution in [2.45, 2.75) is 26.3 Å². The number of ether oxygens (including phenoxy) is 2. The predicted molar refractivity (Wildman–Crippen MR) is 134 cm³/mol. The molecule has 0 bridgehead atoms. The van der Waals surface area contributed by atoms with Crippen molar-refractivity contribution in [2.75, 3.05) is 13.7 Å². The van der Waals surface area contributed by atoms with Gasteiger partial charge in [-0.25, -0.2) is 9.79 Å². The molecule has 7 nitrogen and oxygen atoms in total. The Labute approximate surface area is 208 Å². The van der Waals surface area contributed by atoms with Gasteiger partial charge in [-0.05, 0) is 42.7 Å². The van der Waals surface area contributed by atoms with Gasteiger partial charge in [0.1, 0.15) is 0 Å². The van der Waals surface area contributed by atoms with E-state index < -0.39 is 12.0 Å². The van der Waals surface area contributed by atoms with Crippen LogP contribution in [0.5, 0.6) is 11.5 Å². The normalized spacial score (nSPS) is 15.6. The summed E-state index contributed by atoms with van der Waals surface area (Å²) in [6.07, 6.45) is 2.24. The molecule has 0 saturated heterocycles. The van der Waals surface area contributed by atoms with Crippen LogP contribution in [-0.4, -0.2) is 29.4 Å². The maximum atomic E-state index is 13.7. The van der Waals surface area contributed by atoms with Crippen molar-refractivity contribution in [1.29, 1.82) is 0 Å². The zero-order valence-corrected chi connectivity index (χ0v) is 21.3. The van der Waals surface area contributed by atoms with Gasteiger partial charge in [-0.2, -0.15) is 0 Å². The molecule has 1 N–H and O–H groups in total. The molecule has 0 radical (unpaired) electrons. The van der Waals surface area contributed by atoms with Crippen LogP contribution < -0.4 is 19.6 Å². The van der Waals surface area contributed by atoms with Crippen molar-refractivity contribution in [3.05, 3.63) is 89.0 Å². The first-order valence-corrected chi connectivity index (χ1v) is 12.3. The molecular weight excluding hydrogens is 520 g/mol. The molecule has 0 spiro atoms. The molecule has 3 aromatic rings. The monoisotopic (exact) mass is 542 g/mol. The van der Waals surface area contributed by atoms with E-state index >= 15 is 0 Å². The standard InChI is InChI=1S/C25H23BrN2O5S/c1-4-17-21(24(31)32-3)22(14-9-7-6-8-10-14)28-23(30)20(34-25(28)27-17)12-15-11-19(33-5-2)18(29)13-16(15)26/h6-13,22,29H,4-5H2,1-3H3/b20-12-/t22-/m0/s1. The number of carbonyl (C=O) groups excluding carboxylic acids is 1. The summed E-state index contributed by atoms with van der Waals surface area (Å²) in [5.41, 5.74) is 2.15. The average molecular weight is 543 g/mol. The molecule has 0 aliphatic carbocycles. The summed E-state index contributed by atoms with van der Waals surface area (Å²) in [4.78, 5) is 31.6. The van der Waals surface area contributed by atoms with Crippen LogP contribution >= 0.6 is 27.3 Å². The van der Waals surface area contributed by atoms with Crippen LogP contribution in [0.2, 0.25) is 0 Å². The molecule has 2 aromatic carbocycles. The lowest BCUT2D eigenvalue weighted by atomic mass is 9.95. The summed E-state index contributed by atoms with van der Waals surface area (Å²) >= 11 is 4.70. The maximum Gasteiger partial charge on any atom is 0.338 e. The van der Waals surface area contributed by atoms with Crippen molar-refractivity contribution in [3.63, 3.8) is 0 Å². The van der Waals surface area contributed by atoms with Crippen LogP contribution in [0.25, 0.3) is 6.08 Å². The first kappa shape index (κ1) is 24.0. The Balaban J connectivity index is 1.98. The van der Waals surface area contributed by atoms with Gasteiger partial charge in [0.25, 0.3) is 5.56 Å². The summed E-state index contributed by atoms with van der Waals surface area (Å²) in [7, 11) is 1.33. The third-order valence-electron chi connectivity index (χ3n) is 5.43. The van der Waals surface area contributed by atoms with Gasteiger partial charge in [0.2, 0.25) is 0 Å². The molecule has 0 fully saturated rings. The number of halogens is 1. The smallest absolute Gasteiger partial charge is 0.338 e. The zero-order valence-electron chi connectivity index (χ0n) is 18.9. The minimum Gasteiger partial charge on any atom is -0.504 e. The van der Waals surface area contributed by atoms with Crippen molar-refractivity contribution in [3.8, 4) is 11.5 Å². The van der Waals surface area contributed by atoms with E-state index in [-0.39, 0.29) is 11.3 Å². The van der Waals surface area contributed by atoms with Crippen molar-refractivity contribution < 1.29 is 19.4 Å². The number of methoxy groups -OCH3 is 1. The number of phenols is 1. The van der Waals surface area contributed by atoms with E-state index in [1.54, 1.807) is 16.7 Å². The van der Waals surface area contributed by atoms with Crippen LogP contribution in [0.3, 0.4) is 0 Å². The minimum atomic E-state index is -0.649. The summed E-state index contributed by atoms with van der Waals surface area (Å²) in [6, 6.07) is 11.9. The number of hydrogen-bond acceptors (Lipinski definition) is 7. The third-order valence-corrected chi connectivity index (χ3v) is 7.10. The Kier molecular flexibility index (Phi) is 7.04. The molecule has 4 rings (SSSR count). The zero-order chi connectivity index (χ0) is 24.4. The number of nitrogens with zero attached hydrogens (tertiary/aromatic N) is 2. The predicted octanol–water partition coefficient (Wildman–Crippen LogP) is 3.67. The lowest BCUT2D eigenvalue weighted by Crippen LogP contribution is -2.40. The van der Waals surface area contributed by atoms with Crippen LogP contribution in [-0.2, 0) is 9.53 Å². The van der Waals surface area contributed by atoms with E-state index in [0.717, 1.165) is 5.56 Å². The minimum absolute atomic E-state index is 0.00622. The highest BCUT2D eigenvalue weighted by atomic mass is 79.9. The number of thiazole rings is 1. The van der Waals surface area contributed by atoms with Crippen LogP contribution in [0.1, 0.15) is 37.4 Å². The summed E-state index contributed by atoms with van der Waals surface area (Å²) in [6.45, 7) is 4.14. The highest BCUT2D eigenvalue weighted by Crippen LogP contribution is 2.34. The summed E-state index contributed by atoms with van der Waals surface area (Å²) < 4.78 is 13.2. The van der Waals surface area contributed by atoms with Gasteiger partial charge in [-0.3, -0.25) is 9.36 Å². The van der Waals surface area contributed by atoms with Gasteiger partial charge in [0.15, 0.2) is 16.3 Å². The molecule has 0 unspecified atom stereocenters. The summed E-state index contributed by atoms with van der Waals surface area (Å²) in [5.74, 6) is -0.175. The van der Waals surface area contributed by atoms with Gasteiger partial charge in [-0.1, -0.05) is 64.5 Å². The maximum absolute atomic E-state index is 13.7. The molecule has 1 aliphatic heterocycles. The number of hydrogen-bond donors (Lipinski definition) is 1. The lowest BCUT2D eigenvalue weighted by Gasteiger charge is -2.25. The van der Waals surface area contributed by atoms with Crippen molar-refractivity contribution in [1.82, 2.24) is 4.57 Å². The van der Waals surface area contributed by atoms with E-state index in [1.165, 1.54) is 24.5 Å². The van der Waals surface area contributed by atoms with Crippen LogP contribution in [0.4, 0.5) is 0 Å².